The van der Waals surface area contributed by atoms with Crippen molar-refractivity contribution in [3.05, 3.63) is 41.5 Å². The molecular formula is C17H23NO2. The molecule has 0 saturated carbocycles. The molecule has 1 aliphatic heterocycles. The fourth-order valence-electron chi connectivity index (χ4n) is 2.47. The van der Waals surface area contributed by atoms with Crippen molar-refractivity contribution in [2.45, 2.75) is 26.2 Å². The Labute approximate surface area is 120 Å². The number of piperidine rings is 1. The van der Waals surface area contributed by atoms with Crippen LogP contribution in [0.4, 0.5) is 0 Å². The molecule has 20 heavy (non-hydrogen) atoms. The van der Waals surface area contributed by atoms with Crippen LogP contribution in [0.1, 0.15) is 30.9 Å². The van der Waals surface area contributed by atoms with Crippen molar-refractivity contribution in [2.75, 3.05) is 19.7 Å². The summed E-state index contributed by atoms with van der Waals surface area (Å²) in [6.45, 7) is 3.87. The van der Waals surface area contributed by atoms with Gasteiger partial charge in [0.25, 0.3) is 0 Å². The molecule has 0 spiro atoms. The van der Waals surface area contributed by atoms with E-state index in [2.05, 4.69) is 19.1 Å². The third-order valence-electron chi connectivity index (χ3n) is 3.99. The number of aryl methyl sites for hydroxylation is 1. The Morgan fingerprint density at radius 1 is 1.30 bits per heavy atom. The molecular weight excluding hydrogens is 250 g/mol. The molecule has 0 aromatic heterocycles. The molecule has 3 nitrogen and oxygen atoms in total. The second-order valence-electron chi connectivity index (χ2n) is 5.38. The van der Waals surface area contributed by atoms with Gasteiger partial charge in [-0.05, 0) is 42.4 Å². The fraction of sp³-hybridized carbons (Fsp3) is 0.471. The molecule has 0 unspecified atom stereocenters. The molecule has 1 amide bonds. The summed E-state index contributed by atoms with van der Waals surface area (Å²) in [5.74, 6) is 0.436. The Bertz CT molecular complexity index is 456. The zero-order valence-electron chi connectivity index (χ0n) is 12.1. The summed E-state index contributed by atoms with van der Waals surface area (Å²) in [5, 5.41) is 9.09. The van der Waals surface area contributed by atoms with Crippen LogP contribution in [-0.2, 0) is 11.2 Å². The van der Waals surface area contributed by atoms with Crippen molar-refractivity contribution >= 4 is 12.0 Å². The van der Waals surface area contributed by atoms with Gasteiger partial charge in [-0.15, -0.1) is 0 Å². The Hall–Kier alpha value is -1.61. The van der Waals surface area contributed by atoms with Gasteiger partial charge in [-0.25, -0.2) is 0 Å². The number of likely N-dealkylation sites (tertiary alicyclic amines) is 1. The minimum Gasteiger partial charge on any atom is -0.396 e. The lowest BCUT2D eigenvalue weighted by atomic mass is 9.98. The van der Waals surface area contributed by atoms with Crippen LogP contribution in [0.3, 0.4) is 0 Å². The minimum absolute atomic E-state index is 0.0703. The zero-order chi connectivity index (χ0) is 14.4. The van der Waals surface area contributed by atoms with Gasteiger partial charge >= 0.3 is 0 Å². The number of hydrogen-bond donors (Lipinski definition) is 1. The van der Waals surface area contributed by atoms with Gasteiger partial charge in [0.05, 0.1) is 0 Å². The van der Waals surface area contributed by atoms with E-state index in [1.54, 1.807) is 6.08 Å². The molecule has 0 atom stereocenters. The van der Waals surface area contributed by atoms with Crippen LogP contribution in [0.15, 0.2) is 30.3 Å². The highest BCUT2D eigenvalue weighted by molar-refractivity contribution is 5.91. The molecule has 108 valence electrons. The first-order chi connectivity index (χ1) is 9.72. The second-order valence-corrected chi connectivity index (χ2v) is 5.38. The van der Waals surface area contributed by atoms with Crippen molar-refractivity contribution in [2.24, 2.45) is 5.92 Å². The summed E-state index contributed by atoms with van der Waals surface area (Å²) in [4.78, 5) is 13.9. The number of aliphatic hydroxyl groups is 1. The van der Waals surface area contributed by atoms with Gasteiger partial charge in [-0.2, -0.15) is 0 Å². The SMILES string of the molecule is CCc1ccc(/C=C/C(=O)N2CCC(CO)CC2)cc1. The minimum atomic E-state index is 0.0703. The number of carbonyl (C=O) groups is 1. The van der Waals surface area contributed by atoms with Crippen LogP contribution in [0.2, 0.25) is 0 Å². The molecule has 1 fully saturated rings. The van der Waals surface area contributed by atoms with Crippen LogP contribution >= 0.6 is 0 Å². The number of hydrogen-bond acceptors (Lipinski definition) is 2. The van der Waals surface area contributed by atoms with Crippen LogP contribution in [0.5, 0.6) is 0 Å². The van der Waals surface area contributed by atoms with E-state index >= 15 is 0 Å². The van der Waals surface area contributed by atoms with Crippen LogP contribution in [-0.4, -0.2) is 35.6 Å². The third-order valence-corrected chi connectivity index (χ3v) is 3.99. The standard InChI is InChI=1S/C17H23NO2/c1-2-14-3-5-15(6-4-14)7-8-17(20)18-11-9-16(13-19)10-12-18/h3-8,16,19H,2,9-13H2,1H3/b8-7+. The lowest BCUT2D eigenvalue weighted by Crippen LogP contribution is -2.38. The monoisotopic (exact) mass is 273 g/mol. The molecule has 2 rings (SSSR count). The first-order valence-electron chi connectivity index (χ1n) is 7.39. The first kappa shape index (κ1) is 14.8. The molecule has 1 aliphatic rings. The highest BCUT2D eigenvalue weighted by Gasteiger charge is 2.20. The van der Waals surface area contributed by atoms with E-state index in [4.69, 9.17) is 5.11 Å². The lowest BCUT2D eigenvalue weighted by Gasteiger charge is -2.30. The Morgan fingerprint density at radius 3 is 2.50 bits per heavy atom. The molecule has 1 N–H and O–H groups in total. The maximum atomic E-state index is 12.1. The van der Waals surface area contributed by atoms with Crippen molar-refractivity contribution < 1.29 is 9.90 Å². The summed E-state index contributed by atoms with van der Waals surface area (Å²) < 4.78 is 0. The van der Waals surface area contributed by atoms with E-state index in [-0.39, 0.29) is 12.5 Å². The quantitative estimate of drug-likeness (QED) is 0.856. The molecule has 1 saturated heterocycles. The predicted molar refractivity (Wildman–Crippen MR) is 81.2 cm³/mol. The second kappa shape index (κ2) is 7.25. The van der Waals surface area contributed by atoms with Crippen LogP contribution < -0.4 is 0 Å². The summed E-state index contributed by atoms with van der Waals surface area (Å²) in [6.07, 6.45) is 6.37. The van der Waals surface area contributed by atoms with E-state index in [1.807, 2.05) is 23.1 Å². The van der Waals surface area contributed by atoms with E-state index in [0.29, 0.717) is 5.92 Å². The van der Waals surface area contributed by atoms with Crippen molar-refractivity contribution in [3.63, 3.8) is 0 Å². The van der Waals surface area contributed by atoms with E-state index in [1.165, 1.54) is 5.56 Å². The Kier molecular flexibility index (Phi) is 5.36. The van der Waals surface area contributed by atoms with Gasteiger partial charge in [-0.1, -0.05) is 31.2 Å². The Morgan fingerprint density at radius 2 is 1.95 bits per heavy atom. The summed E-state index contributed by atoms with van der Waals surface area (Å²) in [5.41, 5.74) is 2.36. The smallest absolute Gasteiger partial charge is 0.246 e. The van der Waals surface area contributed by atoms with Crippen LogP contribution in [0.25, 0.3) is 6.08 Å². The first-order valence-corrected chi connectivity index (χ1v) is 7.39. The molecule has 3 heteroatoms. The molecule has 1 aromatic carbocycles. The van der Waals surface area contributed by atoms with Gasteiger partial charge in [0.2, 0.25) is 5.91 Å². The highest BCUT2D eigenvalue weighted by Crippen LogP contribution is 2.16. The molecule has 0 aliphatic carbocycles. The van der Waals surface area contributed by atoms with Gasteiger partial charge in [0.15, 0.2) is 0 Å². The van der Waals surface area contributed by atoms with Gasteiger partial charge in [0, 0.05) is 25.8 Å². The average molecular weight is 273 g/mol. The zero-order valence-corrected chi connectivity index (χ0v) is 12.1. The fourth-order valence-corrected chi connectivity index (χ4v) is 2.47. The highest BCUT2D eigenvalue weighted by atomic mass is 16.3. The van der Waals surface area contributed by atoms with Crippen LogP contribution in [0, 0.1) is 5.92 Å². The third kappa shape index (κ3) is 3.94. The average Bonchev–Trinajstić information content (AvgIpc) is 2.53. The van der Waals surface area contributed by atoms with Crippen molar-refractivity contribution in [3.8, 4) is 0 Å². The number of nitrogens with zero attached hydrogens (tertiary/aromatic N) is 1. The van der Waals surface area contributed by atoms with Gasteiger partial charge < -0.3 is 10.0 Å². The normalized spacial score (nSPS) is 16.8. The van der Waals surface area contributed by atoms with Crippen molar-refractivity contribution in [1.29, 1.82) is 0 Å². The molecule has 1 heterocycles. The molecule has 0 radical (unpaired) electrons. The lowest BCUT2D eigenvalue weighted by molar-refractivity contribution is -0.127. The Balaban J connectivity index is 1.88. The maximum Gasteiger partial charge on any atom is 0.246 e. The summed E-state index contributed by atoms with van der Waals surface area (Å²) in [6, 6.07) is 8.27. The van der Waals surface area contributed by atoms with Gasteiger partial charge in [-0.3, -0.25) is 4.79 Å². The molecule has 1 aromatic rings. The van der Waals surface area contributed by atoms with E-state index < -0.39 is 0 Å². The number of carbonyl (C=O) groups excluding carboxylic acids is 1. The van der Waals surface area contributed by atoms with Crippen molar-refractivity contribution in [1.82, 2.24) is 4.90 Å². The maximum absolute atomic E-state index is 12.1. The summed E-state index contributed by atoms with van der Waals surface area (Å²) in [7, 11) is 0. The molecule has 0 bridgehead atoms. The largest absolute Gasteiger partial charge is 0.396 e. The predicted octanol–water partition coefficient (Wildman–Crippen LogP) is 2.49. The summed E-state index contributed by atoms with van der Waals surface area (Å²) >= 11 is 0. The number of aliphatic hydroxyl groups excluding tert-OH is 1. The number of benzene rings is 1. The number of amides is 1. The van der Waals surface area contributed by atoms with E-state index in [0.717, 1.165) is 37.9 Å². The van der Waals surface area contributed by atoms with Gasteiger partial charge in [0.1, 0.15) is 0 Å². The van der Waals surface area contributed by atoms with E-state index in [9.17, 15) is 4.79 Å². The number of rotatable bonds is 4. The topological polar surface area (TPSA) is 40.5 Å².